The fourth-order valence-corrected chi connectivity index (χ4v) is 3.21. The number of hydrogen-bond acceptors (Lipinski definition) is 4. The van der Waals surface area contributed by atoms with Gasteiger partial charge in [-0.3, -0.25) is 4.79 Å². The number of carbonyl (C=O) groups is 1. The highest BCUT2D eigenvalue weighted by molar-refractivity contribution is 9.10. The van der Waals surface area contributed by atoms with Gasteiger partial charge in [0.2, 0.25) is 0 Å². The molecular formula is C18H20BrN3O2. The molecule has 3 rings (SSSR count). The van der Waals surface area contributed by atoms with E-state index >= 15 is 0 Å². The molecule has 0 bridgehead atoms. The van der Waals surface area contributed by atoms with E-state index in [-0.39, 0.29) is 12.0 Å². The van der Waals surface area contributed by atoms with Crippen LogP contribution < -0.4 is 4.74 Å². The molecule has 2 aromatic rings. The Kier molecular flexibility index (Phi) is 5.45. The predicted molar refractivity (Wildman–Crippen MR) is 95.1 cm³/mol. The fraction of sp³-hybridized carbons (Fsp3) is 0.389. The third kappa shape index (κ3) is 3.93. The van der Waals surface area contributed by atoms with E-state index in [2.05, 4.69) is 32.8 Å². The van der Waals surface area contributed by atoms with Crippen LogP contribution in [0.2, 0.25) is 0 Å². The van der Waals surface area contributed by atoms with E-state index in [1.165, 1.54) is 0 Å². The van der Waals surface area contributed by atoms with Gasteiger partial charge in [-0.2, -0.15) is 0 Å². The van der Waals surface area contributed by atoms with E-state index < -0.39 is 0 Å². The van der Waals surface area contributed by atoms with Crippen molar-refractivity contribution in [1.29, 1.82) is 0 Å². The molecule has 1 amide bonds. The third-order valence-electron chi connectivity index (χ3n) is 4.13. The van der Waals surface area contributed by atoms with Crippen molar-refractivity contribution in [2.24, 2.45) is 0 Å². The first kappa shape index (κ1) is 16.9. The van der Waals surface area contributed by atoms with Crippen LogP contribution in [0.4, 0.5) is 0 Å². The van der Waals surface area contributed by atoms with Gasteiger partial charge < -0.3 is 9.64 Å². The Bertz CT molecular complexity index is 706. The van der Waals surface area contributed by atoms with Crippen LogP contribution in [0.25, 0.3) is 0 Å². The molecule has 1 unspecified atom stereocenters. The summed E-state index contributed by atoms with van der Waals surface area (Å²) in [5.41, 5.74) is 1.76. The van der Waals surface area contributed by atoms with Crippen molar-refractivity contribution in [1.82, 2.24) is 14.9 Å². The van der Waals surface area contributed by atoms with Gasteiger partial charge in [-0.25, -0.2) is 9.97 Å². The van der Waals surface area contributed by atoms with Crippen LogP contribution in [0.3, 0.4) is 0 Å². The Morgan fingerprint density at radius 3 is 2.79 bits per heavy atom. The second-order valence-electron chi connectivity index (χ2n) is 5.84. The highest BCUT2D eigenvalue weighted by atomic mass is 79.9. The van der Waals surface area contributed by atoms with E-state index in [1.807, 2.05) is 29.2 Å². The molecule has 1 aromatic heterocycles. The summed E-state index contributed by atoms with van der Waals surface area (Å²) >= 11 is 3.45. The SMILES string of the molecule is CCc1cnc(OC2CCCN(C(=O)c3ccccc3Br)C2)nc1. The minimum absolute atomic E-state index is 0.0259. The molecule has 0 spiro atoms. The van der Waals surface area contributed by atoms with Crippen LogP contribution in [0.1, 0.15) is 35.7 Å². The summed E-state index contributed by atoms with van der Waals surface area (Å²) in [6.45, 7) is 3.36. The van der Waals surface area contributed by atoms with Crippen molar-refractivity contribution in [2.45, 2.75) is 32.3 Å². The van der Waals surface area contributed by atoms with Crippen molar-refractivity contribution in [3.63, 3.8) is 0 Å². The van der Waals surface area contributed by atoms with Gasteiger partial charge in [0.15, 0.2) is 0 Å². The van der Waals surface area contributed by atoms with Gasteiger partial charge >= 0.3 is 6.01 Å². The maximum absolute atomic E-state index is 12.7. The van der Waals surface area contributed by atoms with Gasteiger partial charge in [0.05, 0.1) is 12.1 Å². The number of amides is 1. The zero-order valence-corrected chi connectivity index (χ0v) is 15.2. The number of halogens is 1. The lowest BCUT2D eigenvalue weighted by Gasteiger charge is -2.32. The minimum Gasteiger partial charge on any atom is -0.458 e. The Morgan fingerprint density at radius 2 is 2.08 bits per heavy atom. The first-order valence-corrected chi connectivity index (χ1v) is 8.98. The molecule has 1 aliphatic rings. The average Bonchev–Trinajstić information content (AvgIpc) is 2.62. The number of nitrogens with zero attached hydrogens (tertiary/aromatic N) is 3. The smallest absolute Gasteiger partial charge is 0.316 e. The number of likely N-dealkylation sites (tertiary alicyclic amines) is 1. The first-order valence-electron chi connectivity index (χ1n) is 8.18. The van der Waals surface area contributed by atoms with Gasteiger partial charge in [-0.1, -0.05) is 19.1 Å². The monoisotopic (exact) mass is 389 g/mol. The van der Waals surface area contributed by atoms with Crippen LogP contribution in [-0.4, -0.2) is 40.0 Å². The van der Waals surface area contributed by atoms with Crippen LogP contribution in [0.5, 0.6) is 6.01 Å². The van der Waals surface area contributed by atoms with Gasteiger partial charge in [0, 0.05) is 23.4 Å². The van der Waals surface area contributed by atoms with Crippen molar-refractivity contribution in [3.8, 4) is 6.01 Å². The quantitative estimate of drug-likeness (QED) is 0.802. The largest absolute Gasteiger partial charge is 0.458 e. The average molecular weight is 390 g/mol. The number of benzene rings is 1. The Hall–Kier alpha value is -1.95. The Balaban J connectivity index is 1.65. The van der Waals surface area contributed by atoms with Crippen molar-refractivity contribution >= 4 is 21.8 Å². The number of aryl methyl sites for hydroxylation is 1. The molecule has 5 nitrogen and oxygen atoms in total. The summed E-state index contributed by atoms with van der Waals surface area (Å²) in [5, 5.41) is 0. The third-order valence-corrected chi connectivity index (χ3v) is 4.82. The normalized spacial score (nSPS) is 17.6. The van der Waals surface area contributed by atoms with Crippen LogP contribution in [0.15, 0.2) is 41.1 Å². The van der Waals surface area contributed by atoms with Gasteiger partial charge in [0.1, 0.15) is 6.10 Å². The highest BCUT2D eigenvalue weighted by Gasteiger charge is 2.27. The van der Waals surface area contributed by atoms with Gasteiger partial charge in [-0.05, 0) is 52.9 Å². The van der Waals surface area contributed by atoms with Crippen LogP contribution in [-0.2, 0) is 6.42 Å². The fourth-order valence-electron chi connectivity index (χ4n) is 2.76. The minimum atomic E-state index is -0.0716. The molecule has 1 aromatic carbocycles. The zero-order valence-electron chi connectivity index (χ0n) is 13.6. The summed E-state index contributed by atoms with van der Waals surface area (Å²) < 4.78 is 6.69. The number of ether oxygens (including phenoxy) is 1. The van der Waals surface area contributed by atoms with E-state index in [4.69, 9.17) is 4.74 Å². The summed E-state index contributed by atoms with van der Waals surface area (Å²) in [6.07, 6.45) is 6.21. The predicted octanol–water partition coefficient (Wildman–Crippen LogP) is 3.49. The molecule has 1 aliphatic heterocycles. The summed E-state index contributed by atoms with van der Waals surface area (Å²) in [4.78, 5) is 23.0. The second-order valence-corrected chi connectivity index (χ2v) is 6.69. The number of aromatic nitrogens is 2. The molecular weight excluding hydrogens is 370 g/mol. The Morgan fingerprint density at radius 1 is 1.33 bits per heavy atom. The number of hydrogen-bond donors (Lipinski definition) is 0. The standard InChI is InChI=1S/C18H20BrN3O2/c1-2-13-10-20-18(21-11-13)24-14-6-5-9-22(12-14)17(23)15-7-3-4-8-16(15)19/h3-4,7-8,10-11,14H,2,5-6,9,12H2,1H3. The molecule has 24 heavy (non-hydrogen) atoms. The maximum atomic E-state index is 12.7. The van der Waals surface area contributed by atoms with E-state index in [1.54, 1.807) is 12.4 Å². The zero-order chi connectivity index (χ0) is 16.9. The molecule has 0 N–H and O–H groups in total. The van der Waals surface area contributed by atoms with Crippen molar-refractivity contribution in [3.05, 3.63) is 52.3 Å². The van der Waals surface area contributed by atoms with Gasteiger partial charge in [-0.15, -0.1) is 0 Å². The number of rotatable bonds is 4. The van der Waals surface area contributed by atoms with E-state index in [0.717, 1.165) is 35.8 Å². The molecule has 0 aliphatic carbocycles. The molecule has 0 radical (unpaired) electrons. The molecule has 2 heterocycles. The lowest BCUT2D eigenvalue weighted by atomic mass is 10.1. The first-order chi connectivity index (χ1) is 11.7. The van der Waals surface area contributed by atoms with E-state index in [9.17, 15) is 4.79 Å². The van der Waals surface area contributed by atoms with Crippen molar-refractivity contribution in [2.75, 3.05) is 13.1 Å². The van der Waals surface area contributed by atoms with Gasteiger partial charge in [0.25, 0.3) is 5.91 Å². The summed E-state index contributed by atoms with van der Waals surface area (Å²) in [6, 6.07) is 7.88. The topological polar surface area (TPSA) is 55.3 Å². The Labute approximate surface area is 150 Å². The van der Waals surface area contributed by atoms with Crippen LogP contribution in [0, 0.1) is 0 Å². The molecule has 126 valence electrons. The highest BCUT2D eigenvalue weighted by Crippen LogP contribution is 2.21. The van der Waals surface area contributed by atoms with Crippen LogP contribution >= 0.6 is 15.9 Å². The number of piperidine rings is 1. The molecule has 1 saturated heterocycles. The molecule has 6 heteroatoms. The number of carbonyl (C=O) groups excluding carboxylic acids is 1. The lowest BCUT2D eigenvalue weighted by molar-refractivity contribution is 0.0515. The van der Waals surface area contributed by atoms with E-state index in [0.29, 0.717) is 18.1 Å². The van der Waals surface area contributed by atoms with Crippen molar-refractivity contribution < 1.29 is 9.53 Å². The molecule has 1 atom stereocenters. The maximum Gasteiger partial charge on any atom is 0.316 e. The molecule has 1 fully saturated rings. The molecule has 0 saturated carbocycles. The lowest BCUT2D eigenvalue weighted by Crippen LogP contribution is -2.44. The summed E-state index contributed by atoms with van der Waals surface area (Å²) in [7, 11) is 0. The second kappa shape index (κ2) is 7.75. The summed E-state index contributed by atoms with van der Waals surface area (Å²) in [5.74, 6) is 0.0259.